The van der Waals surface area contributed by atoms with Crippen LogP contribution in [0.2, 0.25) is 0 Å². The molecular formula is C8H7N3O2. The van der Waals surface area contributed by atoms with E-state index in [2.05, 4.69) is 9.97 Å². The van der Waals surface area contributed by atoms with Gasteiger partial charge < -0.3 is 0 Å². The molecule has 5 heteroatoms. The molecule has 5 nitrogen and oxygen atoms in total. The molecule has 0 amide bonds. The Morgan fingerprint density at radius 2 is 2.23 bits per heavy atom. The van der Waals surface area contributed by atoms with Gasteiger partial charge in [-0.2, -0.15) is 0 Å². The normalized spacial score (nSPS) is 10.5. The van der Waals surface area contributed by atoms with E-state index in [0.29, 0.717) is 10.9 Å². The molecule has 0 aromatic carbocycles. The summed E-state index contributed by atoms with van der Waals surface area (Å²) < 4.78 is 1.35. The maximum atomic E-state index is 11.3. The van der Waals surface area contributed by atoms with Gasteiger partial charge in [0.05, 0.1) is 17.1 Å². The molecular weight excluding hydrogens is 170 g/mol. The molecule has 0 saturated heterocycles. The zero-order chi connectivity index (χ0) is 9.42. The summed E-state index contributed by atoms with van der Waals surface area (Å²) in [5.41, 5.74) is -0.262. The van der Waals surface area contributed by atoms with Gasteiger partial charge in [-0.1, -0.05) is 0 Å². The van der Waals surface area contributed by atoms with Crippen molar-refractivity contribution in [3.8, 4) is 0 Å². The van der Waals surface area contributed by atoms with Crippen molar-refractivity contribution < 1.29 is 0 Å². The van der Waals surface area contributed by atoms with E-state index in [1.807, 2.05) is 0 Å². The van der Waals surface area contributed by atoms with Crippen molar-refractivity contribution in [3.05, 3.63) is 39.3 Å². The number of hydrogen-bond donors (Lipinski definition) is 1. The van der Waals surface area contributed by atoms with Gasteiger partial charge in [0.25, 0.3) is 5.56 Å². The first-order chi connectivity index (χ1) is 6.20. The van der Waals surface area contributed by atoms with Crippen LogP contribution >= 0.6 is 0 Å². The first-order valence-corrected chi connectivity index (χ1v) is 3.73. The minimum Gasteiger partial charge on any atom is -0.295 e. The molecule has 66 valence electrons. The molecule has 2 aromatic heterocycles. The van der Waals surface area contributed by atoms with Gasteiger partial charge in [0.1, 0.15) is 0 Å². The van der Waals surface area contributed by atoms with Crippen LogP contribution in [0.1, 0.15) is 0 Å². The minimum absolute atomic E-state index is 0.375. The summed E-state index contributed by atoms with van der Waals surface area (Å²) in [6, 6.07) is 1.58. The average Bonchev–Trinajstić information content (AvgIpc) is 2.15. The highest BCUT2D eigenvalue weighted by Crippen LogP contribution is 2.01. The number of aromatic nitrogens is 3. The molecule has 0 unspecified atom stereocenters. The average molecular weight is 177 g/mol. The number of hydrogen-bond acceptors (Lipinski definition) is 3. The van der Waals surface area contributed by atoms with Gasteiger partial charge in [0, 0.05) is 13.2 Å². The van der Waals surface area contributed by atoms with E-state index in [9.17, 15) is 9.59 Å². The fraction of sp³-hybridized carbons (Fsp3) is 0.125. The standard InChI is InChI=1S/C8H7N3O2/c1-11-6-4-9-3-2-5(6)7(12)10-8(11)13/h2-4H,1H3,(H,10,12,13). The molecule has 0 aliphatic heterocycles. The Bertz CT molecular complexity index is 567. The third-order valence-electron chi connectivity index (χ3n) is 1.93. The van der Waals surface area contributed by atoms with Crippen LogP contribution in [0.15, 0.2) is 28.0 Å². The zero-order valence-corrected chi connectivity index (χ0v) is 6.94. The van der Waals surface area contributed by atoms with Crippen LogP contribution < -0.4 is 11.2 Å². The van der Waals surface area contributed by atoms with Crippen LogP contribution in [0.4, 0.5) is 0 Å². The van der Waals surface area contributed by atoms with E-state index in [4.69, 9.17) is 0 Å². The van der Waals surface area contributed by atoms with E-state index in [1.165, 1.54) is 17.0 Å². The second kappa shape index (κ2) is 2.55. The number of aryl methyl sites for hydroxylation is 1. The maximum absolute atomic E-state index is 11.3. The van der Waals surface area contributed by atoms with E-state index >= 15 is 0 Å². The van der Waals surface area contributed by atoms with Gasteiger partial charge >= 0.3 is 5.69 Å². The molecule has 2 aromatic rings. The molecule has 2 rings (SSSR count). The van der Waals surface area contributed by atoms with Crippen molar-refractivity contribution in [2.24, 2.45) is 7.05 Å². The smallest absolute Gasteiger partial charge is 0.295 e. The number of rotatable bonds is 0. The number of nitrogens with zero attached hydrogens (tertiary/aromatic N) is 2. The Labute approximate surface area is 72.7 Å². The van der Waals surface area contributed by atoms with Crippen molar-refractivity contribution in [1.82, 2.24) is 14.5 Å². The second-order valence-corrected chi connectivity index (χ2v) is 2.71. The lowest BCUT2D eigenvalue weighted by Crippen LogP contribution is -2.28. The Morgan fingerprint density at radius 3 is 3.00 bits per heavy atom. The van der Waals surface area contributed by atoms with Gasteiger partial charge in [-0.05, 0) is 6.07 Å². The molecule has 0 fully saturated rings. The number of aromatic amines is 1. The van der Waals surface area contributed by atoms with Crippen molar-refractivity contribution in [3.63, 3.8) is 0 Å². The van der Waals surface area contributed by atoms with Gasteiger partial charge in [-0.25, -0.2) is 4.79 Å². The molecule has 0 spiro atoms. The molecule has 0 aliphatic carbocycles. The van der Waals surface area contributed by atoms with Crippen molar-refractivity contribution in [1.29, 1.82) is 0 Å². The lowest BCUT2D eigenvalue weighted by atomic mass is 10.3. The Morgan fingerprint density at radius 1 is 1.46 bits per heavy atom. The molecule has 0 radical (unpaired) electrons. The fourth-order valence-corrected chi connectivity index (χ4v) is 1.20. The molecule has 0 atom stereocenters. The quantitative estimate of drug-likeness (QED) is 0.596. The van der Waals surface area contributed by atoms with Crippen molar-refractivity contribution in [2.45, 2.75) is 0 Å². The van der Waals surface area contributed by atoms with Crippen LogP contribution in [-0.4, -0.2) is 14.5 Å². The van der Waals surface area contributed by atoms with Gasteiger partial charge in [-0.3, -0.25) is 19.3 Å². The topological polar surface area (TPSA) is 67.8 Å². The first-order valence-electron chi connectivity index (χ1n) is 3.73. The molecule has 2 heterocycles. The van der Waals surface area contributed by atoms with E-state index in [1.54, 1.807) is 13.1 Å². The largest absolute Gasteiger partial charge is 0.328 e. The maximum Gasteiger partial charge on any atom is 0.328 e. The summed E-state index contributed by atoms with van der Waals surface area (Å²) in [4.78, 5) is 28.4. The molecule has 0 saturated carbocycles. The van der Waals surface area contributed by atoms with E-state index in [-0.39, 0.29) is 5.56 Å². The minimum atomic E-state index is -0.425. The number of H-pyrrole nitrogens is 1. The third-order valence-corrected chi connectivity index (χ3v) is 1.93. The lowest BCUT2D eigenvalue weighted by Gasteiger charge is -2.00. The zero-order valence-electron chi connectivity index (χ0n) is 6.94. The van der Waals surface area contributed by atoms with Crippen LogP contribution in [0.5, 0.6) is 0 Å². The molecule has 13 heavy (non-hydrogen) atoms. The summed E-state index contributed by atoms with van der Waals surface area (Å²) in [5.74, 6) is 0. The first kappa shape index (κ1) is 7.72. The molecule has 1 N–H and O–H groups in total. The third kappa shape index (κ3) is 1.05. The van der Waals surface area contributed by atoms with E-state index < -0.39 is 5.69 Å². The number of pyridine rings is 1. The van der Waals surface area contributed by atoms with Gasteiger partial charge in [0.2, 0.25) is 0 Å². The summed E-state index contributed by atoms with van der Waals surface area (Å²) >= 11 is 0. The van der Waals surface area contributed by atoms with Crippen LogP contribution in [0.25, 0.3) is 10.9 Å². The van der Waals surface area contributed by atoms with Gasteiger partial charge in [-0.15, -0.1) is 0 Å². The predicted octanol–water partition coefficient (Wildman–Crippen LogP) is -0.378. The molecule has 0 aliphatic rings. The summed E-state index contributed by atoms with van der Waals surface area (Å²) in [7, 11) is 1.59. The highest BCUT2D eigenvalue weighted by atomic mass is 16.2. The van der Waals surface area contributed by atoms with Crippen LogP contribution in [0, 0.1) is 0 Å². The molecule has 0 bridgehead atoms. The summed E-state index contributed by atoms with van der Waals surface area (Å²) in [6.45, 7) is 0. The Hall–Kier alpha value is -1.91. The highest BCUT2D eigenvalue weighted by molar-refractivity contribution is 5.76. The Balaban J connectivity index is 3.15. The van der Waals surface area contributed by atoms with Crippen LogP contribution in [0.3, 0.4) is 0 Å². The predicted molar refractivity (Wildman–Crippen MR) is 47.6 cm³/mol. The van der Waals surface area contributed by atoms with Crippen molar-refractivity contribution >= 4 is 10.9 Å². The summed E-state index contributed by atoms with van der Waals surface area (Å²) in [6.07, 6.45) is 3.01. The Kier molecular flexibility index (Phi) is 1.51. The summed E-state index contributed by atoms with van der Waals surface area (Å²) in [5, 5.41) is 0.470. The number of fused-ring (bicyclic) bond motifs is 1. The monoisotopic (exact) mass is 177 g/mol. The lowest BCUT2D eigenvalue weighted by molar-refractivity contribution is 0.840. The van der Waals surface area contributed by atoms with Gasteiger partial charge in [0.15, 0.2) is 0 Å². The second-order valence-electron chi connectivity index (χ2n) is 2.71. The highest BCUT2D eigenvalue weighted by Gasteiger charge is 2.02. The van der Waals surface area contributed by atoms with Crippen molar-refractivity contribution in [2.75, 3.05) is 0 Å². The van der Waals surface area contributed by atoms with Crippen LogP contribution in [-0.2, 0) is 7.05 Å². The van der Waals surface area contributed by atoms with E-state index in [0.717, 1.165) is 0 Å². The number of nitrogens with one attached hydrogen (secondary N) is 1. The fourth-order valence-electron chi connectivity index (χ4n) is 1.20. The SMILES string of the molecule is Cn1c(=O)[nH]c(=O)c2ccncc21.